The number of esters is 2. The molecule has 1 aromatic carbocycles. The van der Waals surface area contributed by atoms with Gasteiger partial charge in [-0.15, -0.1) is 0 Å². The number of ether oxygens (including phenoxy) is 2. The maximum Gasteiger partial charge on any atom is 0.336 e. The molecule has 0 fully saturated rings. The molecule has 0 spiro atoms. The van der Waals surface area contributed by atoms with Gasteiger partial charge in [0.1, 0.15) is 0 Å². The van der Waals surface area contributed by atoms with Crippen molar-refractivity contribution < 1.29 is 19.1 Å². The second-order valence-electron chi connectivity index (χ2n) is 6.12. The van der Waals surface area contributed by atoms with Crippen molar-refractivity contribution in [3.63, 3.8) is 0 Å². The molecule has 6 nitrogen and oxygen atoms in total. The molecule has 1 heterocycles. The van der Waals surface area contributed by atoms with Crippen molar-refractivity contribution >= 4 is 11.9 Å². The van der Waals surface area contributed by atoms with Crippen molar-refractivity contribution in [1.29, 1.82) is 5.26 Å². The Hall–Kier alpha value is -3.07. The van der Waals surface area contributed by atoms with Crippen LogP contribution in [-0.2, 0) is 19.1 Å². The highest BCUT2D eigenvalue weighted by Gasteiger charge is 2.41. The highest BCUT2D eigenvalue weighted by atomic mass is 16.5. The number of nitrogens with zero attached hydrogens (tertiary/aromatic N) is 2. The Morgan fingerprint density at radius 2 is 1.85 bits per heavy atom. The normalized spacial score (nSPS) is 16.9. The Morgan fingerprint density at radius 1 is 1.19 bits per heavy atom. The predicted octanol–water partition coefficient (Wildman–Crippen LogP) is 3.26. The van der Waals surface area contributed by atoms with E-state index in [1.165, 1.54) is 7.11 Å². The zero-order valence-electron chi connectivity index (χ0n) is 16.3. The van der Waals surface area contributed by atoms with E-state index in [9.17, 15) is 14.9 Å². The lowest BCUT2D eigenvalue weighted by atomic mass is 9.77. The summed E-state index contributed by atoms with van der Waals surface area (Å²) >= 11 is 0. The fourth-order valence-corrected chi connectivity index (χ4v) is 3.49. The molecule has 0 radical (unpaired) electrons. The molecule has 6 heteroatoms. The molecule has 1 aromatic rings. The number of hydrogen-bond donors (Lipinski definition) is 0. The van der Waals surface area contributed by atoms with Gasteiger partial charge in [-0.25, -0.2) is 9.59 Å². The van der Waals surface area contributed by atoms with Gasteiger partial charge in [0.2, 0.25) is 0 Å². The minimum atomic E-state index is -0.724. The Bertz CT molecular complexity index is 861. The van der Waals surface area contributed by atoms with Crippen LogP contribution in [0.25, 0.3) is 0 Å². The molecule has 2 rings (SSSR count). The largest absolute Gasteiger partial charge is 0.466 e. The van der Waals surface area contributed by atoms with Gasteiger partial charge >= 0.3 is 11.9 Å². The van der Waals surface area contributed by atoms with Gasteiger partial charge in [0.15, 0.2) is 0 Å². The summed E-state index contributed by atoms with van der Waals surface area (Å²) in [4.78, 5) is 27.4. The fourth-order valence-electron chi connectivity index (χ4n) is 3.49. The number of carbonyl (C=O) groups excluding carboxylic acids is 2. The van der Waals surface area contributed by atoms with Gasteiger partial charge in [0, 0.05) is 18.4 Å². The minimum absolute atomic E-state index is 0.214. The van der Waals surface area contributed by atoms with E-state index in [0.717, 1.165) is 5.70 Å². The molecule has 1 aliphatic heterocycles. The molecule has 0 aliphatic carbocycles. The summed E-state index contributed by atoms with van der Waals surface area (Å²) in [6, 6.07) is 9.13. The van der Waals surface area contributed by atoms with Crippen molar-refractivity contribution in [3.8, 4) is 6.07 Å². The SMILES string of the molecule is CCOC(=O)C1=C(CC)N(C)C(C)=C(C(=O)OC)C1c1ccccc1C#N. The molecule has 1 aliphatic rings. The van der Waals surface area contributed by atoms with E-state index < -0.39 is 17.9 Å². The average molecular weight is 368 g/mol. The summed E-state index contributed by atoms with van der Waals surface area (Å²) in [6.45, 7) is 5.70. The molecule has 0 saturated carbocycles. The lowest BCUT2D eigenvalue weighted by molar-refractivity contribution is -0.139. The Labute approximate surface area is 159 Å². The average Bonchev–Trinajstić information content (AvgIpc) is 2.68. The first-order chi connectivity index (χ1) is 12.9. The molecule has 0 amide bonds. The van der Waals surface area contributed by atoms with Crippen molar-refractivity contribution in [2.45, 2.75) is 33.1 Å². The van der Waals surface area contributed by atoms with E-state index in [2.05, 4.69) is 6.07 Å². The first-order valence-corrected chi connectivity index (χ1v) is 8.84. The van der Waals surface area contributed by atoms with Crippen molar-refractivity contribution in [1.82, 2.24) is 4.90 Å². The van der Waals surface area contributed by atoms with Gasteiger partial charge in [0.25, 0.3) is 0 Å². The molecular formula is C21H24N2O4. The van der Waals surface area contributed by atoms with Crippen LogP contribution in [0.4, 0.5) is 0 Å². The molecule has 142 valence electrons. The zero-order chi connectivity index (χ0) is 20.1. The molecule has 27 heavy (non-hydrogen) atoms. The molecule has 0 aromatic heterocycles. The van der Waals surface area contributed by atoms with Crippen LogP contribution in [0.1, 0.15) is 44.2 Å². The third-order valence-electron chi connectivity index (χ3n) is 4.81. The second kappa shape index (κ2) is 8.54. The zero-order valence-corrected chi connectivity index (χ0v) is 16.3. The number of allylic oxidation sites excluding steroid dienone is 2. The Balaban J connectivity index is 2.87. The highest BCUT2D eigenvalue weighted by molar-refractivity contribution is 6.00. The third-order valence-corrected chi connectivity index (χ3v) is 4.81. The molecule has 0 bridgehead atoms. The Kier molecular flexibility index (Phi) is 6.40. The standard InChI is InChI=1S/C21H24N2O4/c1-6-16-19(21(25)27-7-2)18(15-11-9-8-10-14(15)12-22)17(20(24)26-5)13(3)23(16)4/h8-11,18H,6-7H2,1-5H3. The van der Waals surface area contributed by atoms with Gasteiger partial charge < -0.3 is 14.4 Å². The first kappa shape index (κ1) is 20.2. The van der Waals surface area contributed by atoms with Gasteiger partial charge in [-0.05, 0) is 31.9 Å². The summed E-state index contributed by atoms with van der Waals surface area (Å²) < 4.78 is 10.3. The summed E-state index contributed by atoms with van der Waals surface area (Å²) in [7, 11) is 3.11. The van der Waals surface area contributed by atoms with Crippen LogP contribution < -0.4 is 0 Å². The molecule has 1 unspecified atom stereocenters. The molecule has 0 N–H and O–H groups in total. The van der Waals surface area contributed by atoms with Crippen LogP contribution in [0.15, 0.2) is 46.8 Å². The number of carbonyl (C=O) groups is 2. The van der Waals surface area contributed by atoms with Crippen LogP contribution in [0.3, 0.4) is 0 Å². The lowest BCUT2D eigenvalue weighted by Crippen LogP contribution is -2.34. The number of benzene rings is 1. The molecule has 1 atom stereocenters. The van der Waals surface area contributed by atoms with E-state index in [4.69, 9.17) is 9.47 Å². The Morgan fingerprint density at radius 3 is 2.41 bits per heavy atom. The van der Waals surface area contributed by atoms with Crippen molar-refractivity contribution in [2.24, 2.45) is 0 Å². The highest BCUT2D eigenvalue weighted by Crippen LogP contribution is 2.44. The van der Waals surface area contributed by atoms with Crippen LogP contribution in [0.2, 0.25) is 0 Å². The molecule has 0 saturated heterocycles. The van der Waals surface area contributed by atoms with Gasteiger partial charge in [-0.3, -0.25) is 0 Å². The number of rotatable bonds is 5. The number of hydrogen-bond acceptors (Lipinski definition) is 6. The third kappa shape index (κ3) is 3.59. The van der Waals surface area contributed by atoms with Crippen LogP contribution in [-0.4, -0.2) is 37.6 Å². The van der Waals surface area contributed by atoms with Crippen LogP contribution in [0, 0.1) is 11.3 Å². The quantitative estimate of drug-likeness (QED) is 0.742. The number of nitriles is 1. The monoisotopic (exact) mass is 368 g/mol. The maximum atomic E-state index is 12.9. The second-order valence-corrected chi connectivity index (χ2v) is 6.12. The smallest absolute Gasteiger partial charge is 0.336 e. The first-order valence-electron chi connectivity index (χ1n) is 8.84. The summed E-state index contributed by atoms with van der Waals surface area (Å²) in [5, 5.41) is 9.58. The van der Waals surface area contributed by atoms with Gasteiger partial charge in [-0.2, -0.15) is 5.26 Å². The number of methoxy groups -OCH3 is 1. The topological polar surface area (TPSA) is 79.6 Å². The summed E-state index contributed by atoms with van der Waals surface area (Å²) in [5.74, 6) is -1.75. The molecular weight excluding hydrogens is 344 g/mol. The van der Waals surface area contributed by atoms with Crippen molar-refractivity contribution in [2.75, 3.05) is 20.8 Å². The minimum Gasteiger partial charge on any atom is -0.466 e. The fraction of sp³-hybridized carbons (Fsp3) is 0.381. The van der Waals surface area contributed by atoms with Gasteiger partial charge in [0.05, 0.1) is 42.4 Å². The van der Waals surface area contributed by atoms with E-state index in [1.807, 2.05) is 25.8 Å². The summed E-state index contributed by atoms with van der Waals surface area (Å²) in [6.07, 6.45) is 0.571. The van der Waals surface area contributed by atoms with E-state index in [0.29, 0.717) is 34.4 Å². The van der Waals surface area contributed by atoms with Crippen LogP contribution in [0.5, 0.6) is 0 Å². The summed E-state index contributed by atoms with van der Waals surface area (Å²) in [5.41, 5.74) is 3.14. The van der Waals surface area contributed by atoms with E-state index in [-0.39, 0.29) is 6.61 Å². The van der Waals surface area contributed by atoms with Gasteiger partial charge in [-0.1, -0.05) is 25.1 Å². The van der Waals surface area contributed by atoms with E-state index >= 15 is 0 Å². The predicted molar refractivity (Wildman–Crippen MR) is 100 cm³/mol. The van der Waals surface area contributed by atoms with Crippen LogP contribution >= 0.6 is 0 Å². The lowest BCUT2D eigenvalue weighted by Gasteiger charge is -2.36. The van der Waals surface area contributed by atoms with Crippen molar-refractivity contribution in [3.05, 3.63) is 57.9 Å². The van der Waals surface area contributed by atoms with E-state index in [1.54, 1.807) is 31.2 Å². The maximum absolute atomic E-state index is 12.9.